The quantitative estimate of drug-likeness (QED) is 0.429. The van der Waals surface area contributed by atoms with Crippen LogP contribution in [-0.4, -0.2) is 28.6 Å². The molecule has 10 heteroatoms. The zero-order chi connectivity index (χ0) is 23.2. The van der Waals surface area contributed by atoms with Gasteiger partial charge in [0.1, 0.15) is 11.5 Å². The van der Waals surface area contributed by atoms with Crippen molar-refractivity contribution in [2.75, 3.05) is 10.7 Å². The predicted octanol–water partition coefficient (Wildman–Crippen LogP) is 3.83. The number of thiophene rings is 1. The van der Waals surface area contributed by atoms with Crippen molar-refractivity contribution in [3.8, 4) is 0 Å². The number of carbonyl (C=O) groups is 3. The molecule has 0 aliphatic carbocycles. The minimum atomic E-state index is -0.473. The Kier molecular flexibility index (Phi) is 6.96. The number of thioether (sulfide) groups is 1. The van der Waals surface area contributed by atoms with Crippen LogP contribution in [0.4, 0.5) is 10.1 Å². The largest absolute Gasteiger partial charge is 0.283 e. The first-order chi connectivity index (χ1) is 16.0. The Balaban J connectivity index is 1.48. The van der Waals surface area contributed by atoms with E-state index in [9.17, 15) is 18.8 Å². The highest BCUT2D eigenvalue weighted by Gasteiger charge is 2.32. The highest BCUT2D eigenvalue weighted by Crippen LogP contribution is 2.29. The summed E-state index contributed by atoms with van der Waals surface area (Å²) in [5, 5.41) is 2.03. The highest BCUT2D eigenvalue weighted by molar-refractivity contribution is 8.14. The molecule has 7 nitrogen and oxygen atoms in total. The van der Waals surface area contributed by atoms with E-state index in [1.165, 1.54) is 40.5 Å². The molecule has 0 fully saturated rings. The Morgan fingerprint density at radius 3 is 2.48 bits per heavy atom. The molecular weight excluding hydrogens is 463 g/mol. The van der Waals surface area contributed by atoms with Crippen molar-refractivity contribution < 1.29 is 18.8 Å². The molecule has 1 aromatic heterocycles. The number of aliphatic imine (C=N–C) groups is 1. The summed E-state index contributed by atoms with van der Waals surface area (Å²) >= 11 is 2.28. The first-order valence-electron chi connectivity index (χ1n) is 9.72. The molecule has 0 unspecified atom stereocenters. The van der Waals surface area contributed by atoms with E-state index in [0.29, 0.717) is 10.6 Å². The summed E-state index contributed by atoms with van der Waals surface area (Å²) in [5.74, 6) is -1.82. The third kappa shape index (κ3) is 5.54. The van der Waals surface area contributed by atoms with Crippen LogP contribution in [0.25, 0.3) is 6.08 Å². The van der Waals surface area contributed by atoms with Crippen LogP contribution in [0.5, 0.6) is 0 Å². The topological polar surface area (TPSA) is 90.9 Å². The van der Waals surface area contributed by atoms with Crippen LogP contribution >= 0.6 is 23.1 Å². The van der Waals surface area contributed by atoms with Crippen LogP contribution in [0.3, 0.4) is 0 Å². The molecule has 1 aliphatic heterocycles. The van der Waals surface area contributed by atoms with E-state index in [0.717, 1.165) is 17.3 Å². The van der Waals surface area contributed by atoms with Gasteiger partial charge >= 0.3 is 0 Å². The van der Waals surface area contributed by atoms with Gasteiger partial charge in [0.2, 0.25) is 5.91 Å². The molecule has 1 aliphatic rings. The molecule has 0 atom stereocenters. The number of carbonyl (C=O) groups excluding carboxylic acids is 3. The lowest BCUT2D eigenvalue weighted by Crippen LogP contribution is -2.42. The van der Waals surface area contributed by atoms with Crippen molar-refractivity contribution >= 4 is 57.8 Å². The maximum Gasteiger partial charge on any atom is 0.283 e. The van der Waals surface area contributed by atoms with Crippen molar-refractivity contribution in [3.05, 3.63) is 94.1 Å². The van der Waals surface area contributed by atoms with Gasteiger partial charge in [0.05, 0.1) is 16.3 Å². The summed E-state index contributed by atoms with van der Waals surface area (Å²) in [6, 6.07) is 18.0. The lowest BCUT2D eigenvalue weighted by Gasteiger charge is -2.17. The molecular formula is C23H17FN4O3S2. The van der Waals surface area contributed by atoms with Gasteiger partial charge in [0, 0.05) is 0 Å². The van der Waals surface area contributed by atoms with Crippen LogP contribution in [-0.2, 0) is 9.59 Å². The first-order valence-corrected chi connectivity index (χ1v) is 11.6. The smallest absolute Gasteiger partial charge is 0.272 e. The van der Waals surface area contributed by atoms with Gasteiger partial charge in [-0.05, 0) is 47.4 Å². The summed E-state index contributed by atoms with van der Waals surface area (Å²) in [5.41, 5.74) is 6.10. The minimum absolute atomic E-state index is 0.104. The second-order valence-electron chi connectivity index (χ2n) is 6.72. The zero-order valence-electron chi connectivity index (χ0n) is 17.0. The number of rotatable bonds is 5. The van der Waals surface area contributed by atoms with Gasteiger partial charge in [0.15, 0.2) is 5.17 Å². The highest BCUT2D eigenvalue weighted by atomic mass is 32.2. The van der Waals surface area contributed by atoms with E-state index >= 15 is 0 Å². The molecule has 2 N–H and O–H groups in total. The second-order valence-corrected chi connectivity index (χ2v) is 8.61. The molecule has 3 aromatic rings. The standard InChI is InChI=1S/C23H17FN4O3S2/c24-16-8-10-17(11-9-16)28-22(31)18(13-15-5-2-1-3-6-15)25-23(28)33-14-20(29)26-27-21(30)19-7-4-12-32-19/h1-13H,14H2,(H,26,29)(H,27,30)/b18-13+. The Hall–Kier alpha value is -3.76. The minimum Gasteiger partial charge on any atom is -0.272 e. The third-order valence-corrected chi connectivity index (χ3v) is 6.22. The van der Waals surface area contributed by atoms with E-state index in [1.807, 2.05) is 30.3 Å². The maximum absolute atomic E-state index is 13.4. The van der Waals surface area contributed by atoms with Crippen LogP contribution in [0.15, 0.2) is 82.8 Å². The molecule has 0 bridgehead atoms. The van der Waals surface area contributed by atoms with Gasteiger partial charge in [-0.25, -0.2) is 9.38 Å². The lowest BCUT2D eigenvalue weighted by atomic mass is 10.2. The summed E-state index contributed by atoms with van der Waals surface area (Å²) in [4.78, 5) is 43.5. The van der Waals surface area contributed by atoms with Gasteiger partial charge in [0.25, 0.3) is 11.8 Å². The van der Waals surface area contributed by atoms with E-state index < -0.39 is 17.6 Å². The van der Waals surface area contributed by atoms with Crippen LogP contribution in [0, 0.1) is 5.82 Å². The van der Waals surface area contributed by atoms with Crippen molar-refractivity contribution in [2.45, 2.75) is 0 Å². The molecule has 4 rings (SSSR count). The van der Waals surface area contributed by atoms with Crippen molar-refractivity contribution in [2.24, 2.45) is 4.99 Å². The first kappa shape index (κ1) is 22.4. The van der Waals surface area contributed by atoms with Gasteiger partial charge in [-0.2, -0.15) is 0 Å². The lowest BCUT2D eigenvalue weighted by molar-refractivity contribution is -0.119. The van der Waals surface area contributed by atoms with Gasteiger partial charge in [-0.1, -0.05) is 48.2 Å². The van der Waals surface area contributed by atoms with Crippen LogP contribution < -0.4 is 15.8 Å². The van der Waals surface area contributed by atoms with Gasteiger partial charge < -0.3 is 0 Å². The van der Waals surface area contributed by atoms with E-state index in [1.54, 1.807) is 23.6 Å². The van der Waals surface area contributed by atoms with E-state index in [4.69, 9.17) is 0 Å². The molecule has 0 saturated heterocycles. The number of hydrazine groups is 1. The molecule has 2 aromatic carbocycles. The fraction of sp³-hybridized carbons (Fsp3) is 0.0435. The average molecular weight is 481 g/mol. The Labute approximate surface area is 197 Å². The summed E-state index contributed by atoms with van der Waals surface area (Å²) in [6.07, 6.45) is 1.65. The van der Waals surface area contributed by atoms with E-state index in [-0.39, 0.29) is 22.5 Å². The number of anilines is 1. The number of nitrogens with one attached hydrogen (secondary N) is 2. The molecule has 33 heavy (non-hydrogen) atoms. The van der Waals surface area contributed by atoms with Crippen molar-refractivity contribution in [1.29, 1.82) is 0 Å². The second kappa shape index (κ2) is 10.2. The fourth-order valence-electron chi connectivity index (χ4n) is 2.88. The summed E-state index contributed by atoms with van der Waals surface area (Å²) in [6.45, 7) is 0. The Bertz CT molecular complexity index is 1230. The number of nitrogens with zero attached hydrogens (tertiary/aromatic N) is 2. The van der Waals surface area contributed by atoms with Crippen molar-refractivity contribution in [1.82, 2.24) is 10.9 Å². The zero-order valence-corrected chi connectivity index (χ0v) is 18.7. The SMILES string of the molecule is O=C(CSC1=N/C(=C/c2ccccc2)C(=O)N1c1ccc(F)cc1)NNC(=O)c1cccs1. The Morgan fingerprint density at radius 1 is 1.03 bits per heavy atom. The van der Waals surface area contributed by atoms with Crippen LogP contribution in [0.2, 0.25) is 0 Å². The number of amides is 3. The van der Waals surface area contributed by atoms with Crippen molar-refractivity contribution in [3.63, 3.8) is 0 Å². The number of hydrogen-bond donors (Lipinski definition) is 2. The maximum atomic E-state index is 13.4. The monoisotopic (exact) mass is 480 g/mol. The molecule has 166 valence electrons. The fourth-order valence-corrected chi connectivity index (χ4v) is 4.31. The number of hydrogen-bond acceptors (Lipinski definition) is 6. The third-order valence-electron chi connectivity index (χ3n) is 4.41. The predicted molar refractivity (Wildman–Crippen MR) is 128 cm³/mol. The average Bonchev–Trinajstić information content (AvgIpc) is 3.46. The van der Waals surface area contributed by atoms with Gasteiger partial charge in [-0.15, -0.1) is 11.3 Å². The van der Waals surface area contributed by atoms with Gasteiger partial charge in [-0.3, -0.25) is 30.1 Å². The van der Waals surface area contributed by atoms with E-state index in [2.05, 4.69) is 15.8 Å². The molecule has 0 spiro atoms. The molecule has 3 amide bonds. The number of benzene rings is 2. The summed E-state index contributed by atoms with van der Waals surface area (Å²) < 4.78 is 13.4. The molecule has 0 radical (unpaired) electrons. The molecule has 0 saturated carbocycles. The van der Waals surface area contributed by atoms with Crippen LogP contribution in [0.1, 0.15) is 15.2 Å². The number of amidine groups is 1. The number of halogens is 1. The summed E-state index contributed by atoms with van der Waals surface area (Å²) in [7, 11) is 0. The Morgan fingerprint density at radius 2 is 1.79 bits per heavy atom. The molecule has 2 heterocycles. The normalized spacial score (nSPS) is 14.3.